The van der Waals surface area contributed by atoms with Crippen molar-refractivity contribution >= 4 is 25.7 Å². The summed E-state index contributed by atoms with van der Waals surface area (Å²) >= 11 is 0. The second-order valence-corrected chi connectivity index (χ2v) is 14.9. The monoisotopic (exact) mass is 757 g/mol. The van der Waals surface area contributed by atoms with Gasteiger partial charge < -0.3 is 25.2 Å². The fourth-order valence-electron chi connectivity index (χ4n) is 5.14. The topological polar surface area (TPSA) is 172 Å². The van der Waals surface area contributed by atoms with Gasteiger partial charge in [0.05, 0.1) is 13.2 Å². The van der Waals surface area contributed by atoms with E-state index in [1.165, 1.54) is 70.6 Å². The molecule has 0 amide bonds. The standard InChI is InChI=1S/C40H72NO10P/c1-3-5-7-9-11-13-15-16-17-18-19-20-22-23-25-27-29-31-38(42)48-33-36(34-49-52(46,47)50-35-37(41)40(44)45)51-39(43)32-30-28-26-24-21-14-12-10-8-6-4-2/h10,12,19-20,23,25,36-37H,3-9,11,13-18,21-22,24,26-35,41H2,1-2H3,(H,44,45)(H,46,47)/b12-10+,20-19+,25-23+/t36-,37+/m0/s1. The highest BCUT2D eigenvalue weighted by Crippen LogP contribution is 2.43. The van der Waals surface area contributed by atoms with Crippen molar-refractivity contribution in [3.05, 3.63) is 36.5 Å². The van der Waals surface area contributed by atoms with Crippen LogP contribution >= 0.6 is 7.82 Å². The van der Waals surface area contributed by atoms with Gasteiger partial charge in [0.15, 0.2) is 6.10 Å². The van der Waals surface area contributed by atoms with Crippen LogP contribution in [0.25, 0.3) is 0 Å². The van der Waals surface area contributed by atoms with E-state index < -0.39 is 51.1 Å². The van der Waals surface area contributed by atoms with Crippen molar-refractivity contribution in [1.29, 1.82) is 0 Å². The number of nitrogens with two attached hydrogens (primary N) is 1. The number of allylic oxidation sites excluding steroid dienone is 6. The van der Waals surface area contributed by atoms with Gasteiger partial charge in [-0.2, -0.15) is 0 Å². The molecule has 4 N–H and O–H groups in total. The zero-order valence-electron chi connectivity index (χ0n) is 32.4. The van der Waals surface area contributed by atoms with Crippen LogP contribution in [0.2, 0.25) is 0 Å². The molecule has 0 aromatic rings. The number of esters is 2. The minimum atomic E-state index is -4.72. The van der Waals surface area contributed by atoms with Gasteiger partial charge in [0, 0.05) is 12.8 Å². The van der Waals surface area contributed by atoms with E-state index in [2.05, 4.69) is 48.8 Å². The number of hydrogen-bond acceptors (Lipinski definition) is 9. The van der Waals surface area contributed by atoms with E-state index >= 15 is 0 Å². The molecule has 0 spiro atoms. The van der Waals surface area contributed by atoms with Crippen LogP contribution in [-0.2, 0) is 37.5 Å². The average molecular weight is 758 g/mol. The number of carboxylic acid groups (broad SMARTS) is 1. The Morgan fingerprint density at radius 2 is 1.06 bits per heavy atom. The molecule has 0 fully saturated rings. The fraction of sp³-hybridized carbons (Fsp3) is 0.775. The quantitative estimate of drug-likeness (QED) is 0.0238. The molecule has 0 saturated carbocycles. The molecule has 11 nitrogen and oxygen atoms in total. The first kappa shape index (κ1) is 49.7. The van der Waals surface area contributed by atoms with E-state index in [9.17, 15) is 23.8 Å². The van der Waals surface area contributed by atoms with E-state index in [1.54, 1.807) is 0 Å². The molecule has 0 saturated heterocycles. The van der Waals surface area contributed by atoms with Crippen LogP contribution < -0.4 is 5.73 Å². The fourth-order valence-corrected chi connectivity index (χ4v) is 5.92. The molecule has 302 valence electrons. The number of rotatable bonds is 37. The lowest BCUT2D eigenvalue weighted by Crippen LogP contribution is -2.34. The Hall–Kier alpha value is -2.30. The summed E-state index contributed by atoms with van der Waals surface area (Å²) < 4.78 is 32.5. The molecule has 0 aromatic carbocycles. The van der Waals surface area contributed by atoms with Gasteiger partial charge in [0.1, 0.15) is 12.6 Å². The summed E-state index contributed by atoms with van der Waals surface area (Å²) in [5, 5.41) is 8.86. The third-order valence-electron chi connectivity index (χ3n) is 8.36. The maximum absolute atomic E-state index is 12.5. The van der Waals surface area contributed by atoms with Crippen LogP contribution in [-0.4, -0.2) is 59.9 Å². The molecule has 1 unspecified atom stereocenters. The van der Waals surface area contributed by atoms with Crippen LogP contribution in [0, 0.1) is 0 Å². The summed E-state index contributed by atoms with van der Waals surface area (Å²) in [6.07, 6.45) is 36.6. The number of phosphoric ester groups is 1. The maximum atomic E-state index is 12.5. The van der Waals surface area contributed by atoms with Crippen LogP contribution in [0.15, 0.2) is 36.5 Å². The molecule has 12 heteroatoms. The van der Waals surface area contributed by atoms with Gasteiger partial charge >= 0.3 is 25.7 Å². The molecule has 0 aliphatic heterocycles. The third kappa shape index (κ3) is 34.8. The Bertz CT molecular complexity index is 1030. The first-order valence-electron chi connectivity index (χ1n) is 20.0. The van der Waals surface area contributed by atoms with E-state index in [-0.39, 0.29) is 19.4 Å². The summed E-state index contributed by atoms with van der Waals surface area (Å²) in [5.74, 6) is -2.45. The molecule has 0 rings (SSSR count). The van der Waals surface area contributed by atoms with Crippen molar-refractivity contribution in [3.8, 4) is 0 Å². The average Bonchev–Trinajstić information content (AvgIpc) is 3.12. The van der Waals surface area contributed by atoms with Crippen molar-refractivity contribution in [1.82, 2.24) is 0 Å². The SMILES string of the molecule is CCCC/C=C/CCCCCCCC(=O)O[C@@H](COC(=O)CCC/C=C/C/C=C/CCCCCCCCCCC)COP(=O)(O)OC[C@@H](N)C(=O)O. The van der Waals surface area contributed by atoms with E-state index in [0.717, 1.165) is 51.4 Å². The smallest absolute Gasteiger partial charge is 0.472 e. The molecule has 0 aliphatic rings. The predicted molar refractivity (Wildman–Crippen MR) is 208 cm³/mol. The van der Waals surface area contributed by atoms with Crippen molar-refractivity contribution in [2.75, 3.05) is 19.8 Å². The van der Waals surface area contributed by atoms with Crippen molar-refractivity contribution in [2.45, 2.75) is 180 Å². The lowest BCUT2D eigenvalue weighted by atomic mass is 10.1. The van der Waals surface area contributed by atoms with Gasteiger partial charge in [-0.25, -0.2) is 4.57 Å². The number of carbonyl (C=O) groups is 3. The highest BCUT2D eigenvalue weighted by atomic mass is 31.2. The molecule has 0 bridgehead atoms. The highest BCUT2D eigenvalue weighted by Gasteiger charge is 2.28. The van der Waals surface area contributed by atoms with Crippen LogP contribution in [0.5, 0.6) is 0 Å². The normalized spacial score (nSPS) is 14.2. The predicted octanol–water partition coefficient (Wildman–Crippen LogP) is 10.1. The number of aliphatic carboxylic acids is 1. The molecule has 0 aliphatic carbocycles. The summed E-state index contributed by atoms with van der Waals surface area (Å²) in [7, 11) is -4.72. The highest BCUT2D eigenvalue weighted by molar-refractivity contribution is 7.47. The van der Waals surface area contributed by atoms with Gasteiger partial charge in [0.25, 0.3) is 0 Å². The van der Waals surface area contributed by atoms with Crippen LogP contribution in [0.3, 0.4) is 0 Å². The first-order chi connectivity index (χ1) is 25.1. The Labute approximate surface area is 314 Å². The maximum Gasteiger partial charge on any atom is 0.472 e. The number of carboxylic acids is 1. The number of carbonyl (C=O) groups excluding carboxylic acids is 2. The number of unbranched alkanes of at least 4 members (excludes halogenated alkanes) is 17. The third-order valence-corrected chi connectivity index (χ3v) is 9.31. The summed E-state index contributed by atoms with van der Waals surface area (Å²) in [6, 6.07) is -1.53. The minimum absolute atomic E-state index is 0.142. The van der Waals surface area contributed by atoms with Crippen LogP contribution in [0.4, 0.5) is 0 Å². The van der Waals surface area contributed by atoms with Gasteiger partial charge in [-0.3, -0.25) is 23.4 Å². The van der Waals surface area contributed by atoms with Gasteiger partial charge in [-0.15, -0.1) is 0 Å². The number of hydrogen-bond donors (Lipinski definition) is 3. The second-order valence-electron chi connectivity index (χ2n) is 13.4. The Kier molecular flexibility index (Phi) is 34.1. The molecular formula is C40H72NO10P. The summed E-state index contributed by atoms with van der Waals surface area (Å²) in [5.41, 5.74) is 5.31. The Balaban J connectivity index is 4.46. The molecule has 0 aromatic heterocycles. The zero-order valence-corrected chi connectivity index (χ0v) is 33.3. The zero-order chi connectivity index (χ0) is 38.5. The minimum Gasteiger partial charge on any atom is -0.480 e. The number of phosphoric acid groups is 1. The van der Waals surface area contributed by atoms with Gasteiger partial charge in [-0.05, 0) is 57.8 Å². The van der Waals surface area contributed by atoms with E-state index in [4.69, 9.17) is 24.8 Å². The molecular weight excluding hydrogens is 685 g/mol. The largest absolute Gasteiger partial charge is 0.480 e. The summed E-state index contributed by atoms with van der Waals surface area (Å²) in [4.78, 5) is 45.7. The molecule has 0 radical (unpaired) electrons. The second kappa shape index (κ2) is 35.7. The Morgan fingerprint density at radius 1 is 0.596 bits per heavy atom. The lowest BCUT2D eigenvalue weighted by Gasteiger charge is -2.20. The lowest BCUT2D eigenvalue weighted by molar-refractivity contribution is -0.161. The van der Waals surface area contributed by atoms with Crippen molar-refractivity contribution < 1.29 is 47.5 Å². The first-order valence-corrected chi connectivity index (χ1v) is 21.5. The van der Waals surface area contributed by atoms with Crippen LogP contribution in [0.1, 0.15) is 168 Å². The van der Waals surface area contributed by atoms with Gasteiger partial charge in [0.2, 0.25) is 0 Å². The van der Waals surface area contributed by atoms with Gasteiger partial charge in [-0.1, -0.05) is 134 Å². The molecule has 52 heavy (non-hydrogen) atoms. The van der Waals surface area contributed by atoms with Crippen molar-refractivity contribution in [3.63, 3.8) is 0 Å². The summed E-state index contributed by atoms with van der Waals surface area (Å²) in [6.45, 7) is 2.69. The number of ether oxygens (including phenoxy) is 2. The van der Waals surface area contributed by atoms with Crippen molar-refractivity contribution in [2.24, 2.45) is 5.73 Å². The van der Waals surface area contributed by atoms with E-state index in [0.29, 0.717) is 19.3 Å². The molecule has 3 atom stereocenters. The Morgan fingerprint density at radius 3 is 1.63 bits per heavy atom. The molecule has 0 heterocycles. The van der Waals surface area contributed by atoms with E-state index in [1.807, 2.05) is 6.08 Å².